The van der Waals surface area contributed by atoms with Crippen molar-refractivity contribution in [3.63, 3.8) is 0 Å². The summed E-state index contributed by atoms with van der Waals surface area (Å²) in [5.74, 6) is 0.834. The van der Waals surface area contributed by atoms with E-state index in [-0.39, 0.29) is 24.2 Å². The molecule has 0 N–H and O–H groups in total. The Morgan fingerprint density at radius 2 is 1.00 bits per heavy atom. The Morgan fingerprint density at radius 3 is 1.32 bits per heavy atom. The van der Waals surface area contributed by atoms with Gasteiger partial charge < -0.3 is 18.9 Å². The van der Waals surface area contributed by atoms with Crippen LogP contribution in [-0.2, 0) is 9.47 Å². The molecule has 2 aromatic rings. The van der Waals surface area contributed by atoms with Gasteiger partial charge in [0, 0.05) is 12.8 Å². The molecule has 4 nitrogen and oxygen atoms in total. The fourth-order valence-electron chi connectivity index (χ4n) is 2.94. The Bertz CT molecular complexity index is 617. The van der Waals surface area contributed by atoms with E-state index in [0.717, 1.165) is 51.7 Å². The smallest absolute Gasteiger partial charge is 0.199 e. The van der Waals surface area contributed by atoms with Crippen molar-refractivity contribution in [3.05, 3.63) is 60.2 Å². The van der Waals surface area contributed by atoms with E-state index in [1.165, 1.54) is 24.3 Å². The van der Waals surface area contributed by atoms with E-state index in [2.05, 4.69) is 0 Å². The molecule has 0 aliphatic carbocycles. The van der Waals surface area contributed by atoms with Crippen LogP contribution in [0.3, 0.4) is 0 Å². The molecule has 28 heavy (non-hydrogen) atoms. The summed E-state index contributed by atoms with van der Waals surface area (Å²) in [6, 6.07) is 12.0. The van der Waals surface area contributed by atoms with Crippen LogP contribution in [0.2, 0.25) is 0 Å². The van der Waals surface area contributed by atoms with Crippen LogP contribution in [-0.4, -0.2) is 25.8 Å². The SMILES string of the molecule is Fc1ccc(OC2CCCCO2)cc1.Fc1ccc(OC2CCCCO2)cc1. The average molecular weight is 392 g/mol. The lowest BCUT2D eigenvalue weighted by molar-refractivity contribution is -0.106. The van der Waals surface area contributed by atoms with Crippen LogP contribution in [0.4, 0.5) is 8.78 Å². The summed E-state index contributed by atoms with van der Waals surface area (Å²) in [4.78, 5) is 0. The van der Waals surface area contributed by atoms with Gasteiger partial charge in [0.25, 0.3) is 0 Å². The van der Waals surface area contributed by atoms with Crippen molar-refractivity contribution < 1.29 is 27.7 Å². The number of ether oxygens (including phenoxy) is 4. The van der Waals surface area contributed by atoms with Gasteiger partial charge in [-0.15, -0.1) is 0 Å². The second kappa shape index (κ2) is 11.0. The molecule has 2 saturated heterocycles. The average Bonchev–Trinajstić information content (AvgIpc) is 2.74. The van der Waals surface area contributed by atoms with Gasteiger partial charge >= 0.3 is 0 Å². The highest BCUT2D eigenvalue weighted by molar-refractivity contribution is 5.22. The molecule has 2 atom stereocenters. The predicted molar refractivity (Wildman–Crippen MR) is 101 cm³/mol. The van der Waals surface area contributed by atoms with Gasteiger partial charge in [-0.1, -0.05) is 0 Å². The summed E-state index contributed by atoms with van der Waals surface area (Å²) < 4.78 is 47.0. The molecular formula is C22H26F2O4. The maximum absolute atomic E-state index is 12.6. The van der Waals surface area contributed by atoms with Crippen molar-refractivity contribution in [1.29, 1.82) is 0 Å². The molecule has 4 rings (SSSR count). The topological polar surface area (TPSA) is 36.9 Å². The van der Waals surface area contributed by atoms with Crippen LogP contribution >= 0.6 is 0 Å². The molecule has 2 aliphatic heterocycles. The summed E-state index contributed by atoms with van der Waals surface area (Å²) in [5, 5.41) is 0. The zero-order chi connectivity index (χ0) is 19.6. The normalized spacial score (nSPS) is 21.9. The molecule has 2 aliphatic rings. The van der Waals surface area contributed by atoms with Crippen molar-refractivity contribution >= 4 is 0 Å². The van der Waals surface area contributed by atoms with Crippen LogP contribution in [0.25, 0.3) is 0 Å². The summed E-state index contributed by atoms with van der Waals surface area (Å²) in [6.45, 7) is 1.51. The molecule has 0 radical (unpaired) electrons. The van der Waals surface area contributed by atoms with Gasteiger partial charge in [0.05, 0.1) is 13.2 Å². The Labute approximate surface area is 164 Å². The Balaban J connectivity index is 0.000000161. The molecule has 6 heteroatoms. The van der Waals surface area contributed by atoms with Gasteiger partial charge in [-0.3, -0.25) is 0 Å². The minimum Gasteiger partial charge on any atom is -0.465 e. The van der Waals surface area contributed by atoms with E-state index in [0.29, 0.717) is 11.5 Å². The van der Waals surface area contributed by atoms with Crippen LogP contribution < -0.4 is 9.47 Å². The maximum Gasteiger partial charge on any atom is 0.199 e. The fraction of sp³-hybridized carbons (Fsp3) is 0.455. The summed E-state index contributed by atoms with van der Waals surface area (Å²) in [5.41, 5.74) is 0. The first kappa shape index (κ1) is 20.6. The van der Waals surface area contributed by atoms with E-state index in [4.69, 9.17) is 18.9 Å². The van der Waals surface area contributed by atoms with E-state index >= 15 is 0 Å². The van der Waals surface area contributed by atoms with Crippen molar-refractivity contribution in [2.24, 2.45) is 0 Å². The minimum absolute atomic E-state index is 0.158. The van der Waals surface area contributed by atoms with Crippen LogP contribution in [0, 0.1) is 11.6 Å². The third-order valence-corrected chi connectivity index (χ3v) is 4.44. The number of rotatable bonds is 4. The first-order valence-corrected chi connectivity index (χ1v) is 9.77. The Hall–Kier alpha value is -2.18. The standard InChI is InChI=1S/2C11H13FO2/c2*12-9-4-6-10(7-5-9)14-11-3-1-2-8-13-11/h2*4-7,11H,1-3,8H2. The van der Waals surface area contributed by atoms with Crippen molar-refractivity contribution in [2.45, 2.75) is 51.1 Å². The molecule has 0 spiro atoms. The summed E-state index contributed by atoms with van der Waals surface area (Å²) in [7, 11) is 0. The quantitative estimate of drug-likeness (QED) is 0.692. The largest absolute Gasteiger partial charge is 0.465 e. The maximum atomic E-state index is 12.6. The van der Waals surface area contributed by atoms with Crippen LogP contribution in [0.1, 0.15) is 38.5 Å². The molecule has 0 aromatic heterocycles. The monoisotopic (exact) mass is 392 g/mol. The second-order valence-electron chi connectivity index (χ2n) is 6.74. The zero-order valence-corrected chi connectivity index (χ0v) is 15.8. The van der Waals surface area contributed by atoms with Gasteiger partial charge in [0.15, 0.2) is 12.6 Å². The Kier molecular flexibility index (Phi) is 8.06. The van der Waals surface area contributed by atoms with Crippen molar-refractivity contribution in [3.8, 4) is 11.5 Å². The molecular weight excluding hydrogens is 366 g/mol. The molecule has 152 valence electrons. The van der Waals surface area contributed by atoms with E-state index in [1.807, 2.05) is 0 Å². The molecule has 2 unspecified atom stereocenters. The Morgan fingerprint density at radius 1 is 0.607 bits per heavy atom. The highest BCUT2D eigenvalue weighted by Crippen LogP contribution is 2.20. The van der Waals surface area contributed by atoms with E-state index < -0.39 is 0 Å². The third-order valence-electron chi connectivity index (χ3n) is 4.44. The van der Waals surface area contributed by atoms with Gasteiger partial charge in [0.1, 0.15) is 23.1 Å². The number of benzene rings is 2. The summed E-state index contributed by atoms with van der Waals surface area (Å²) in [6.07, 6.45) is 5.97. The molecule has 0 amide bonds. The van der Waals surface area contributed by atoms with Crippen molar-refractivity contribution in [1.82, 2.24) is 0 Å². The summed E-state index contributed by atoms with van der Waals surface area (Å²) >= 11 is 0. The van der Waals surface area contributed by atoms with Gasteiger partial charge in [-0.05, 0) is 74.2 Å². The second-order valence-corrected chi connectivity index (χ2v) is 6.74. The highest BCUT2D eigenvalue weighted by atomic mass is 19.1. The molecule has 0 bridgehead atoms. The van der Waals surface area contributed by atoms with E-state index in [9.17, 15) is 8.78 Å². The third kappa shape index (κ3) is 7.09. The molecule has 2 heterocycles. The predicted octanol–water partition coefficient (Wildman–Crippen LogP) is 5.46. The van der Waals surface area contributed by atoms with Crippen LogP contribution in [0.15, 0.2) is 48.5 Å². The number of hydrogen-bond acceptors (Lipinski definition) is 4. The fourth-order valence-corrected chi connectivity index (χ4v) is 2.94. The van der Waals surface area contributed by atoms with Gasteiger partial charge in [0.2, 0.25) is 0 Å². The van der Waals surface area contributed by atoms with Gasteiger partial charge in [-0.25, -0.2) is 8.78 Å². The first-order chi connectivity index (χ1) is 13.7. The first-order valence-electron chi connectivity index (χ1n) is 9.77. The van der Waals surface area contributed by atoms with Crippen molar-refractivity contribution in [2.75, 3.05) is 13.2 Å². The lowest BCUT2D eigenvalue weighted by atomic mass is 10.2. The number of hydrogen-bond donors (Lipinski definition) is 0. The molecule has 2 aromatic carbocycles. The number of halogens is 2. The minimum atomic E-state index is -0.248. The van der Waals surface area contributed by atoms with Gasteiger partial charge in [-0.2, -0.15) is 0 Å². The lowest BCUT2D eigenvalue weighted by Gasteiger charge is -2.23. The molecule has 2 fully saturated rings. The highest BCUT2D eigenvalue weighted by Gasteiger charge is 2.15. The van der Waals surface area contributed by atoms with E-state index in [1.54, 1.807) is 24.3 Å². The van der Waals surface area contributed by atoms with Crippen LogP contribution in [0.5, 0.6) is 11.5 Å². The lowest BCUT2D eigenvalue weighted by Crippen LogP contribution is -2.24. The zero-order valence-electron chi connectivity index (χ0n) is 15.8. The molecule has 0 saturated carbocycles.